The van der Waals surface area contributed by atoms with Gasteiger partial charge in [-0.05, 0) is 68.0 Å². The molecule has 1 saturated heterocycles. The fraction of sp³-hybridized carbons (Fsp3) is 0.500. The number of fused-ring (bicyclic) bond motifs is 1. The lowest BCUT2D eigenvalue weighted by Crippen LogP contribution is -2.39. The molecule has 1 fully saturated rings. The van der Waals surface area contributed by atoms with Crippen LogP contribution in [-0.2, 0) is 17.6 Å². The second-order valence-corrected chi connectivity index (χ2v) is 8.50. The smallest absolute Gasteiger partial charge is 0.265 e. The van der Waals surface area contributed by atoms with Crippen molar-refractivity contribution >= 4 is 23.4 Å². The molecule has 1 atom stereocenters. The number of hydrogen-bond donors (Lipinski definition) is 1. The molecule has 0 spiro atoms. The van der Waals surface area contributed by atoms with Gasteiger partial charge in [-0.15, -0.1) is 0 Å². The summed E-state index contributed by atoms with van der Waals surface area (Å²) in [6.07, 6.45) is 7.61. The van der Waals surface area contributed by atoms with E-state index in [-0.39, 0.29) is 12.5 Å². The van der Waals surface area contributed by atoms with Crippen LogP contribution < -0.4 is 9.64 Å². The summed E-state index contributed by atoms with van der Waals surface area (Å²) in [4.78, 5) is 14.8. The van der Waals surface area contributed by atoms with Gasteiger partial charge in [0.05, 0.1) is 17.6 Å². The maximum absolute atomic E-state index is 12.9. The SMILES string of the molecule is Cc1[nH]ncc1N(CC1CCCS1)C(=O)COc1ccc2c(c1)CCC2. The van der Waals surface area contributed by atoms with E-state index in [0.29, 0.717) is 5.25 Å². The highest BCUT2D eigenvalue weighted by Crippen LogP contribution is 2.30. The van der Waals surface area contributed by atoms with Gasteiger partial charge in [-0.25, -0.2) is 0 Å². The van der Waals surface area contributed by atoms with E-state index < -0.39 is 0 Å². The topological polar surface area (TPSA) is 58.2 Å². The fourth-order valence-electron chi connectivity index (χ4n) is 3.80. The standard InChI is InChI=1S/C20H25N3O2S/c1-14-19(11-21-22-14)23(12-18-6-3-9-26-18)20(24)13-25-17-8-7-15-4-2-5-16(15)10-17/h7-8,10-11,18H,2-6,9,12-13H2,1H3,(H,21,22). The third-order valence-electron chi connectivity index (χ3n) is 5.24. The van der Waals surface area contributed by atoms with Gasteiger partial charge in [-0.3, -0.25) is 9.89 Å². The van der Waals surface area contributed by atoms with Gasteiger partial charge in [0.15, 0.2) is 6.61 Å². The van der Waals surface area contributed by atoms with Crippen LogP contribution in [0.3, 0.4) is 0 Å². The number of aryl methyl sites for hydroxylation is 3. The molecule has 1 N–H and O–H groups in total. The molecule has 0 radical (unpaired) electrons. The highest BCUT2D eigenvalue weighted by molar-refractivity contribution is 8.00. The number of rotatable bonds is 6. The average Bonchev–Trinajstić information content (AvgIpc) is 3.39. The number of H-pyrrole nitrogens is 1. The Morgan fingerprint density at radius 1 is 1.35 bits per heavy atom. The van der Waals surface area contributed by atoms with Gasteiger partial charge in [0, 0.05) is 11.8 Å². The molecule has 1 unspecified atom stereocenters. The Hall–Kier alpha value is -1.95. The Morgan fingerprint density at radius 3 is 3.00 bits per heavy atom. The minimum atomic E-state index is -0.0116. The Bertz CT molecular complexity index is 783. The second kappa shape index (κ2) is 7.74. The first kappa shape index (κ1) is 17.5. The summed E-state index contributed by atoms with van der Waals surface area (Å²) in [5.74, 6) is 1.96. The summed E-state index contributed by atoms with van der Waals surface area (Å²) < 4.78 is 5.85. The summed E-state index contributed by atoms with van der Waals surface area (Å²) in [6.45, 7) is 2.73. The van der Waals surface area contributed by atoms with Gasteiger partial charge in [-0.2, -0.15) is 16.9 Å². The first-order valence-electron chi connectivity index (χ1n) is 9.37. The van der Waals surface area contributed by atoms with Crippen LogP contribution in [-0.4, -0.2) is 40.3 Å². The van der Waals surface area contributed by atoms with Crippen LogP contribution in [0.2, 0.25) is 0 Å². The first-order valence-corrected chi connectivity index (χ1v) is 10.4. The van der Waals surface area contributed by atoms with Crippen LogP contribution in [0.15, 0.2) is 24.4 Å². The van der Waals surface area contributed by atoms with Crippen LogP contribution >= 0.6 is 11.8 Å². The lowest BCUT2D eigenvalue weighted by atomic mass is 10.1. The van der Waals surface area contributed by atoms with Gasteiger partial charge in [0.1, 0.15) is 5.75 Å². The number of aromatic nitrogens is 2. The van der Waals surface area contributed by atoms with Crippen molar-refractivity contribution in [2.45, 2.75) is 44.3 Å². The molecule has 4 rings (SSSR count). The quantitative estimate of drug-likeness (QED) is 0.844. The summed E-state index contributed by atoms with van der Waals surface area (Å²) in [6, 6.07) is 6.21. The van der Waals surface area contributed by atoms with Gasteiger partial charge in [0.25, 0.3) is 5.91 Å². The average molecular weight is 372 g/mol. The number of benzene rings is 1. The van der Waals surface area contributed by atoms with Crippen molar-refractivity contribution in [3.8, 4) is 5.75 Å². The van der Waals surface area contributed by atoms with Crippen molar-refractivity contribution in [3.05, 3.63) is 41.2 Å². The largest absolute Gasteiger partial charge is 0.484 e. The van der Waals surface area contributed by atoms with Gasteiger partial charge < -0.3 is 9.64 Å². The number of anilines is 1. The number of hydrogen-bond acceptors (Lipinski definition) is 4. The van der Waals surface area contributed by atoms with Crippen LogP contribution in [0.5, 0.6) is 5.75 Å². The molecule has 1 aliphatic carbocycles. The zero-order valence-electron chi connectivity index (χ0n) is 15.2. The van der Waals surface area contributed by atoms with E-state index in [1.54, 1.807) is 6.20 Å². The van der Waals surface area contributed by atoms with Crippen molar-refractivity contribution < 1.29 is 9.53 Å². The van der Waals surface area contributed by atoms with Crippen LogP contribution in [0.25, 0.3) is 0 Å². The molecule has 5 nitrogen and oxygen atoms in total. The maximum Gasteiger partial charge on any atom is 0.265 e. The number of thioether (sulfide) groups is 1. The molecule has 6 heteroatoms. The zero-order valence-corrected chi connectivity index (χ0v) is 16.0. The molecule has 1 aromatic heterocycles. The third-order valence-corrected chi connectivity index (χ3v) is 6.62. The molecular formula is C20H25N3O2S. The summed E-state index contributed by atoms with van der Waals surface area (Å²) in [7, 11) is 0. The summed E-state index contributed by atoms with van der Waals surface area (Å²) in [5.41, 5.74) is 4.55. The Morgan fingerprint density at radius 2 is 2.23 bits per heavy atom. The molecule has 1 amide bonds. The zero-order chi connectivity index (χ0) is 17.9. The molecule has 1 aliphatic heterocycles. The Labute approximate surface area is 158 Å². The summed E-state index contributed by atoms with van der Waals surface area (Å²) >= 11 is 1.95. The number of ether oxygens (including phenoxy) is 1. The number of carbonyl (C=O) groups excluding carboxylic acids is 1. The van der Waals surface area contributed by atoms with Gasteiger partial charge in [-0.1, -0.05) is 6.07 Å². The minimum absolute atomic E-state index is 0.0116. The minimum Gasteiger partial charge on any atom is -0.484 e. The Kier molecular flexibility index (Phi) is 5.20. The normalized spacial score (nSPS) is 18.7. The predicted octanol–water partition coefficient (Wildman–Crippen LogP) is 3.51. The second-order valence-electron chi connectivity index (χ2n) is 7.09. The van der Waals surface area contributed by atoms with E-state index in [9.17, 15) is 4.79 Å². The number of nitrogens with one attached hydrogen (secondary N) is 1. The van der Waals surface area contributed by atoms with Crippen molar-refractivity contribution in [3.63, 3.8) is 0 Å². The lowest BCUT2D eigenvalue weighted by molar-refractivity contribution is -0.120. The van der Waals surface area contributed by atoms with Crippen molar-refractivity contribution in [1.29, 1.82) is 0 Å². The molecule has 26 heavy (non-hydrogen) atoms. The predicted molar refractivity (Wildman–Crippen MR) is 105 cm³/mol. The highest BCUT2D eigenvalue weighted by atomic mass is 32.2. The van der Waals surface area contributed by atoms with Crippen molar-refractivity contribution in [2.24, 2.45) is 0 Å². The third kappa shape index (κ3) is 3.75. The van der Waals surface area contributed by atoms with E-state index >= 15 is 0 Å². The number of nitrogens with zero attached hydrogens (tertiary/aromatic N) is 2. The van der Waals surface area contributed by atoms with Gasteiger partial charge in [0.2, 0.25) is 0 Å². The van der Waals surface area contributed by atoms with E-state index in [2.05, 4.69) is 22.3 Å². The molecule has 2 aromatic rings. The van der Waals surface area contributed by atoms with Crippen molar-refractivity contribution in [1.82, 2.24) is 10.2 Å². The Balaban J connectivity index is 1.44. The number of carbonyl (C=O) groups is 1. The van der Waals surface area contributed by atoms with Gasteiger partial charge >= 0.3 is 0 Å². The number of aromatic amines is 1. The number of amides is 1. The molecule has 138 valence electrons. The molecular weight excluding hydrogens is 346 g/mol. The van der Waals surface area contributed by atoms with Crippen LogP contribution in [0, 0.1) is 6.92 Å². The van der Waals surface area contributed by atoms with E-state index in [1.807, 2.05) is 29.7 Å². The van der Waals surface area contributed by atoms with Crippen molar-refractivity contribution in [2.75, 3.05) is 23.8 Å². The van der Waals surface area contributed by atoms with E-state index in [0.717, 1.165) is 42.9 Å². The fourth-order valence-corrected chi connectivity index (χ4v) is 5.06. The molecule has 0 bridgehead atoms. The molecule has 2 aliphatic rings. The maximum atomic E-state index is 12.9. The molecule has 0 saturated carbocycles. The van der Waals surface area contributed by atoms with E-state index in [4.69, 9.17) is 4.74 Å². The first-order chi connectivity index (χ1) is 12.7. The lowest BCUT2D eigenvalue weighted by Gasteiger charge is -2.25. The summed E-state index contributed by atoms with van der Waals surface area (Å²) in [5, 5.41) is 7.52. The monoisotopic (exact) mass is 371 g/mol. The van der Waals surface area contributed by atoms with Crippen LogP contribution in [0.4, 0.5) is 5.69 Å². The molecule has 2 heterocycles. The van der Waals surface area contributed by atoms with E-state index in [1.165, 1.54) is 29.7 Å². The highest BCUT2D eigenvalue weighted by Gasteiger charge is 2.26. The van der Waals surface area contributed by atoms with Crippen LogP contribution in [0.1, 0.15) is 36.1 Å². The molecule has 1 aromatic carbocycles.